The standard InChI is InChI=1S/C22H25N3O3S/c1-27-14-13-25(21(26)19-10-7-15-29-19)16-18-20(17-8-3-2-4-9-17)23-28-22(18)24-11-5-6-12-24/h2-4,7-10,15H,5-6,11-14,16H2,1H3. The number of ether oxygens (including phenoxy) is 1. The van der Waals surface area contributed by atoms with Crippen LogP contribution in [0.15, 0.2) is 52.4 Å². The van der Waals surface area contributed by atoms with Crippen LogP contribution in [-0.2, 0) is 11.3 Å². The van der Waals surface area contributed by atoms with E-state index in [2.05, 4.69) is 10.1 Å². The number of hydrogen-bond acceptors (Lipinski definition) is 6. The molecule has 1 aliphatic heterocycles. The molecule has 1 fully saturated rings. The molecule has 1 aromatic carbocycles. The average Bonchev–Trinajstić information content (AvgIpc) is 3.52. The van der Waals surface area contributed by atoms with Crippen LogP contribution in [0.4, 0.5) is 5.88 Å². The molecule has 0 radical (unpaired) electrons. The SMILES string of the molecule is COCCN(Cc1c(-c2ccccc2)noc1N1CCCC1)C(=O)c1cccs1. The molecule has 1 saturated heterocycles. The maximum atomic E-state index is 13.1. The summed E-state index contributed by atoms with van der Waals surface area (Å²) < 4.78 is 11.1. The van der Waals surface area contributed by atoms with Gasteiger partial charge in [0.1, 0.15) is 5.69 Å². The fourth-order valence-electron chi connectivity index (χ4n) is 3.64. The van der Waals surface area contributed by atoms with Crippen LogP contribution in [0.5, 0.6) is 0 Å². The van der Waals surface area contributed by atoms with E-state index in [1.54, 1.807) is 7.11 Å². The molecule has 29 heavy (non-hydrogen) atoms. The summed E-state index contributed by atoms with van der Waals surface area (Å²) in [5, 5.41) is 6.33. The molecule has 2 aromatic heterocycles. The van der Waals surface area contributed by atoms with Crippen molar-refractivity contribution in [3.63, 3.8) is 0 Å². The van der Waals surface area contributed by atoms with Gasteiger partial charge in [0, 0.05) is 32.3 Å². The molecule has 0 N–H and O–H groups in total. The largest absolute Gasteiger partial charge is 0.383 e. The van der Waals surface area contributed by atoms with Crippen LogP contribution in [0.2, 0.25) is 0 Å². The Morgan fingerprint density at radius 3 is 2.69 bits per heavy atom. The van der Waals surface area contributed by atoms with E-state index in [4.69, 9.17) is 9.26 Å². The highest BCUT2D eigenvalue weighted by atomic mass is 32.1. The highest BCUT2D eigenvalue weighted by Crippen LogP contribution is 2.34. The summed E-state index contributed by atoms with van der Waals surface area (Å²) in [5.41, 5.74) is 2.75. The molecule has 3 aromatic rings. The van der Waals surface area contributed by atoms with Crippen molar-refractivity contribution in [1.82, 2.24) is 10.1 Å². The zero-order valence-electron chi connectivity index (χ0n) is 16.5. The molecule has 4 rings (SSSR count). The monoisotopic (exact) mass is 411 g/mol. The van der Waals surface area contributed by atoms with Gasteiger partial charge in [-0.1, -0.05) is 41.6 Å². The van der Waals surface area contributed by atoms with E-state index in [0.29, 0.717) is 19.7 Å². The number of anilines is 1. The smallest absolute Gasteiger partial charge is 0.264 e. The van der Waals surface area contributed by atoms with Crippen molar-refractivity contribution >= 4 is 23.1 Å². The lowest BCUT2D eigenvalue weighted by Crippen LogP contribution is -2.33. The van der Waals surface area contributed by atoms with Crippen molar-refractivity contribution < 1.29 is 14.1 Å². The first-order valence-electron chi connectivity index (χ1n) is 9.88. The number of carbonyl (C=O) groups is 1. The summed E-state index contributed by atoms with van der Waals surface area (Å²) in [5.74, 6) is 0.785. The molecule has 6 nitrogen and oxygen atoms in total. The van der Waals surface area contributed by atoms with Crippen LogP contribution in [0, 0.1) is 0 Å². The Hall–Kier alpha value is -2.64. The molecule has 3 heterocycles. The topological polar surface area (TPSA) is 58.8 Å². The first-order valence-corrected chi connectivity index (χ1v) is 10.8. The number of amides is 1. The summed E-state index contributed by atoms with van der Waals surface area (Å²) in [6, 6.07) is 13.8. The van der Waals surface area contributed by atoms with Gasteiger partial charge in [-0.2, -0.15) is 0 Å². The van der Waals surface area contributed by atoms with Crippen molar-refractivity contribution in [1.29, 1.82) is 0 Å². The van der Waals surface area contributed by atoms with Gasteiger partial charge in [-0.05, 0) is 24.3 Å². The maximum absolute atomic E-state index is 13.1. The quantitative estimate of drug-likeness (QED) is 0.553. The Morgan fingerprint density at radius 1 is 1.21 bits per heavy atom. The normalized spacial score (nSPS) is 13.8. The zero-order valence-corrected chi connectivity index (χ0v) is 17.4. The number of hydrogen-bond donors (Lipinski definition) is 0. The predicted molar refractivity (Wildman–Crippen MR) is 114 cm³/mol. The summed E-state index contributed by atoms with van der Waals surface area (Å²) in [6.07, 6.45) is 2.28. The third-order valence-corrected chi connectivity index (χ3v) is 6.00. The number of thiophene rings is 1. The van der Waals surface area contributed by atoms with E-state index in [-0.39, 0.29) is 5.91 Å². The molecule has 0 aliphatic carbocycles. The summed E-state index contributed by atoms with van der Waals surface area (Å²) in [6.45, 7) is 3.31. The van der Waals surface area contributed by atoms with Crippen LogP contribution in [-0.4, -0.2) is 49.3 Å². The Kier molecular flexibility index (Phi) is 6.27. The summed E-state index contributed by atoms with van der Waals surface area (Å²) >= 11 is 1.45. The third-order valence-electron chi connectivity index (χ3n) is 5.14. The zero-order chi connectivity index (χ0) is 20.1. The van der Waals surface area contributed by atoms with Gasteiger partial charge in [-0.15, -0.1) is 11.3 Å². The molecule has 0 bridgehead atoms. The third kappa shape index (κ3) is 4.36. The minimum Gasteiger partial charge on any atom is -0.383 e. The van der Waals surface area contributed by atoms with Crippen LogP contribution >= 0.6 is 11.3 Å². The average molecular weight is 412 g/mol. The highest BCUT2D eigenvalue weighted by molar-refractivity contribution is 7.12. The fraction of sp³-hybridized carbons (Fsp3) is 0.364. The number of benzene rings is 1. The number of aromatic nitrogens is 1. The Bertz CT molecular complexity index is 918. The number of rotatable bonds is 8. The summed E-state index contributed by atoms with van der Waals surface area (Å²) in [4.78, 5) is 17.9. The molecule has 0 atom stereocenters. The molecule has 0 unspecified atom stereocenters. The van der Waals surface area contributed by atoms with Gasteiger partial charge >= 0.3 is 0 Å². The van der Waals surface area contributed by atoms with E-state index in [1.807, 2.05) is 52.7 Å². The molecular formula is C22H25N3O3S. The van der Waals surface area contributed by atoms with Crippen LogP contribution in [0.25, 0.3) is 11.3 Å². The molecule has 0 spiro atoms. The van der Waals surface area contributed by atoms with Gasteiger partial charge < -0.3 is 19.1 Å². The van der Waals surface area contributed by atoms with E-state index in [1.165, 1.54) is 11.3 Å². The van der Waals surface area contributed by atoms with Crippen molar-refractivity contribution in [3.8, 4) is 11.3 Å². The lowest BCUT2D eigenvalue weighted by molar-refractivity contribution is 0.0685. The second-order valence-corrected chi connectivity index (χ2v) is 8.02. The fourth-order valence-corrected chi connectivity index (χ4v) is 4.33. The molecule has 1 aliphatic rings. The Balaban J connectivity index is 1.70. The van der Waals surface area contributed by atoms with E-state index in [9.17, 15) is 4.79 Å². The maximum Gasteiger partial charge on any atom is 0.264 e. The minimum absolute atomic E-state index is 0.00429. The number of methoxy groups -OCH3 is 1. The van der Waals surface area contributed by atoms with Crippen molar-refractivity contribution in [2.75, 3.05) is 38.3 Å². The molecule has 152 valence electrons. The highest BCUT2D eigenvalue weighted by Gasteiger charge is 2.28. The van der Waals surface area contributed by atoms with E-state index < -0.39 is 0 Å². The van der Waals surface area contributed by atoms with Crippen LogP contribution in [0.1, 0.15) is 28.1 Å². The van der Waals surface area contributed by atoms with Gasteiger partial charge in [0.25, 0.3) is 5.91 Å². The first kappa shape index (κ1) is 19.7. The lowest BCUT2D eigenvalue weighted by Gasteiger charge is -2.23. The van der Waals surface area contributed by atoms with Crippen molar-refractivity contribution in [2.24, 2.45) is 0 Å². The Labute approximate surface area is 174 Å². The van der Waals surface area contributed by atoms with Gasteiger partial charge in [0.2, 0.25) is 5.88 Å². The van der Waals surface area contributed by atoms with Crippen LogP contribution < -0.4 is 4.90 Å². The van der Waals surface area contributed by atoms with Crippen LogP contribution in [0.3, 0.4) is 0 Å². The van der Waals surface area contributed by atoms with Gasteiger partial charge in [-0.25, -0.2) is 0 Å². The number of nitrogens with zero attached hydrogens (tertiary/aromatic N) is 3. The molecule has 0 saturated carbocycles. The minimum atomic E-state index is 0.00429. The molecule has 7 heteroatoms. The molecular weight excluding hydrogens is 386 g/mol. The van der Waals surface area contributed by atoms with Crippen molar-refractivity contribution in [3.05, 3.63) is 58.3 Å². The summed E-state index contributed by atoms with van der Waals surface area (Å²) in [7, 11) is 1.65. The van der Waals surface area contributed by atoms with Gasteiger partial charge in [0.05, 0.1) is 23.6 Å². The van der Waals surface area contributed by atoms with Gasteiger partial charge in [-0.3, -0.25) is 4.79 Å². The second-order valence-electron chi connectivity index (χ2n) is 7.07. The van der Waals surface area contributed by atoms with E-state index >= 15 is 0 Å². The van der Waals surface area contributed by atoms with E-state index in [0.717, 1.165) is 53.5 Å². The van der Waals surface area contributed by atoms with Crippen molar-refractivity contribution in [2.45, 2.75) is 19.4 Å². The Morgan fingerprint density at radius 2 is 2.00 bits per heavy atom. The lowest BCUT2D eigenvalue weighted by atomic mass is 10.1. The van der Waals surface area contributed by atoms with Gasteiger partial charge in [0.15, 0.2) is 0 Å². The molecule has 1 amide bonds. The first-order chi connectivity index (χ1) is 14.3. The number of carbonyl (C=O) groups excluding carboxylic acids is 1. The second kappa shape index (κ2) is 9.24. The predicted octanol–water partition coefficient (Wildman–Crippen LogP) is 4.29.